The van der Waals surface area contributed by atoms with Crippen LogP contribution in [-0.2, 0) is 6.54 Å². The number of hydrogen-bond donors (Lipinski definition) is 1. The molecule has 0 bridgehead atoms. The number of nitrogens with zero attached hydrogens (tertiary/aromatic N) is 2. The van der Waals surface area contributed by atoms with Gasteiger partial charge >= 0.3 is 0 Å². The lowest BCUT2D eigenvalue weighted by Crippen LogP contribution is -2.21. The van der Waals surface area contributed by atoms with Crippen LogP contribution < -0.4 is 10.2 Å². The fourth-order valence-electron chi connectivity index (χ4n) is 2.17. The summed E-state index contributed by atoms with van der Waals surface area (Å²) in [6, 6.07) is 8.63. The standard InChI is InChI=1S/C16H23N3S/c1-5-19(6-2)15-9-7-14(8-10-15)17-11-16-18-12(3)13(4)20-16/h7-10,17H,5-6,11H2,1-4H3. The van der Waals surface area contributed by atoms with Crippen molar-refractivity contribution in [2.45, 2.75) is 34.2 Å². The number of thiazole rings is 1. The van der Waals surface area contributed by atoms with Crippen molar-refractivity contribution in [1.82, 2.24) is 4.98 Å². The van der Waals surface area contributed by atoms with Crippen molar-refractivity contribution in [2.75, 3.05) is 23.3 Å². The Kier molecular flexibility index (Phi) is 5.01. The average molecular weight is 289 g/mol. The maximum atomic E-state index is 4.55. The van der Waals surface area contributed by atoms with E-state index >= 15 is 0 Å². The predicted octanol–water partition coefficient (Wildman–Crippen LogP) is 4.22. The second kappa shape index (κ2) is 6.75. The maximum Gasteiger partial charge on any atom is 0.112 e. The highest BCUT2D eigenvalue weighted by molar-refractivity contribution is 7.11. The van der Waals surface area contributed by atoms with Gasteiger partial charge < -0.3 is 10.2 Å². The summed E-state index contributed by atoms with van der Waals surface area (Å²) in [5.74, 6) is 0. The van der Waals surface area contributed by atoms with Crippen molar-refractivity contribution in [3.05, 3.63) is 39.8 Å². The molecule has 0 saturated heterocycles. The normalized spacial score (nSPS) is 10.6. The van der Waals surface area contributed by atoms with Gasteiger partial charge in [-0.15, -0.1) is 11.3 Å². The number of nitrogens with one attached hydrogen (secondary N) is 1. The maximum absolute atomic E-state index is 4.55. The molecule has 1 N–H and O–H groups in total. The van der Waals surface area contributed by atoms with Gasteiger partial charge in [-0.1, -0.05) is 0 Å². The first kappa shape index (κ1) is 14.9. The molecule has 3 nitrogen and oxygen atoms in total. The topological polar surface area (TPSA) is 28.2 Å². The van der Waals surface area contributed by atoms with Crippen molar-refractivity contribution in [1.29, 1.82) is 0 Å². The Morgan fingerprint density at radius 2 is 1.75 bits per heavy atom. The van der Waals surface area contributed by atoms with E-state index in [-0.39, 0.29) is 0 Å². The lowest BCUT2D eigenvalue weighted by Gasteiger charge is -2.21. The summed E-state index contributed by atoms with van der Waals surface area (Å²) in [7, 11) is 0. The van der Waals surface area contributed by atoms with Gasteiger partial charge in [0.05, 0.1) is 12.2 Å². The molecule has 0 fully saturated rings. The zero-order valence-electron chi connectivity index (χ0n) is 12.7. The van der Waals surface area contributed by atoms with Crippen LogP contribution in [0.3, 0.4) is 0 Å². The highest BCUT2D eigenvalue weighted by Crippen LogP contribution is 2.20. The van der Waals surface area contributed by atoms with Gasteiger partial charge in [-0.3, -0.25) is 0 Å². The minimum atomic E-state index is 0.796. The van der Waals surface area contributed by atoms with E-state index in [9.17, 15) is 0 Å². The molecule has 0 radical (unpaired) electrons. The molecule has 0 aliphatic heterocycles. The van der Waals surface area contributed by atoms with Gasteiger partial charge in [-0.2, -0.15) is 0 Å². The molecule has 2 rings (SSSR count). The summed E-state index contributed by atoms with van der Waals surface area (Å²) in [4.78, 5) is 8.19. The summed E-state index contributed by atoms with van der Waals surface area (Å²) in [5, 5.41) is 4.58. The van der Waals surface area contributed by atoms with Gasteiger partial charge in [0.2, 0.25) is 0 Å². The van der Waals surface area contributed by atoms with E-state index < -0.39 is 0 Å². The fraction of sp³-hybridized carbons (Fsp3) is 0.438. The van der Waals surface area contributed by atoms with E-state index in [0.29, 0.717) is 0 Å². The summed E-state index contributed by atoms with van der Waals surface area (Å²) in [6.07, 6.45) is 0. The number of rotatable bonds is 6. The number of benzene rings is 1. The molecular weight excluding hydrogens is 266 g/mol. The minimum Gasteiger partial charge on any atom is -0.379 e. The van der Waals surface area contributed by atoms with Crippen molar-refractivity contribution < 1.29 is 0 Å². The number of hydrogen-bond acceptors (Lipinski definition) is 4. The molecule has 0 amide bonds. The molecule has 20 heavy (non-hydrogen) atoms. The monoisotopic (exact) mass is 289 g/mol. The van der Waals surface area contributed by atoms with E-state index in [4.69, 9.17) is 0 Å². The van der Waals surface area contributed by atoms with E-state index in [1.165, 1.54) is 10.6 Å². The van der Waals surface area contributed by atoms with Gasteiger partial charge in [-0.25, -0.2) is 4.98 Å². The van der Waals surface area contributed by atoms with E-state index in [1.54, 1.807) is 11.3 Å². The fourth-order valence-corrected chi connectivity index (χ4v) is 3.05. The summed E-state index contributed by atoms with van der Waals surface area (Å²) >= 11 is 1.77. The van der Waals surface area contributed by atoms with Gasteiger partial charge in [-0.05, 0) is 52.0 Å². The Hall–Kier alpha value is -1.55. The van der Waals surface area contributed by atoms with Crippen molar-refractivity contribution in [3.63, 3.8) is 0 Å². The van der Waals surface area contributed by atoms with E-state index in [0.717, 1.165) is 36.0 Å². The van der Waals surface area contributed by atoms with Gasteiger partial charge in [0.15, 0.2) is 0 Å². The van der Waals surface area contributed by atoms with Crippen molar-refractivity contribution in [2.24, 2.45) is 0 Å². The zero-order chi connectivity index (χ0) is 14.5. The molecule has 1 aromatic carbocycles. The average Bonchev–Trinajstić information content (AvgIpc) is 2.78. The molecule has 0 aliphatic rings. The third-order valence-electron chi connectivity index (χ3n) is 3.51. The number of aryl methyl sites for hydroxylation is 2. The Labute approximate surface area is 125 Å². The third kappa shape index (κ3) is 3.51. The first-order chi connectivity index (χ1) is 9.63. The van der Waals surface area contributed by atoms with Crippen LogP contribution in [0.25, 0.3) is 0 Å². The Balaban J connectivity index is 1.97. The van der Waals surface area contributed by atoms with Crippen LogP contribution in [0.2, 0.25) is 0 Å². The quantitative estimate of drug-likeness (QED) is 0.863. The van der Waals surface area contributed by atoms with Crippen LogP contribution in [-0.4, -0.2) is 18.1 Å². The lowest BCUT2D eigenvalue weighted by molar-refractivity contribution is 0.866. The van der Waals surface area contributed by atoms with E-state index in [2.05, 4.69) is 67.2 Å². The Bertz CT molecular complexity index is 522. The molecule has 1 aromatic heterocycles. The summed E-state index contributed by atoms with van der Waals surface area (Å²) in [6.45, 7) is 11.4. The zero-order valence-corrected chi connectivity index (χ0v) is 13.5. The lowest BCUT2D eigenvalue weighted by atomic mass is 10.2. The van der Waals surface area contributed by atoms with Crippen LogP contribution in [0, 0.1) is 13.8 Å². The molecule has 0 aliphatic carbocycles. The largest absolute Gasteiger partial charge is 0.379 e. The minimum absolute atomic E-state index is 0.796. The first-order valence-electron chi connectivity index (χ1n) is 7.15. The molecule has 1 heterocycles. The predicted molar refractivity (Wildman–Crippen MR) is 88.9 cm³/mol. The smallest absolute Gasteiger partial charge is 0.112 e. The van der Waals surface area contributed by atoms with Gasteiger partial charge in [0.1, 0.15) is 5.01 Å². The van der Waals surface area contributed by atoms with Crippen molar-refractivity contribution >= 4 is 22.7 Å². The number of anilines is 2. The first-order valence-corrected chi connectivity index (χ1v) is 7.97. The molecule has 108 valence electrons. The number of aromatic nitrogens is 1. The molecule has 4 heteroatoms. The molecule has 0 atom stereocenters. The van der Waals surface area contributed by atoms with Gasteiger partial charge in [0.25, 0.3) is 0 Å². The Morgan fingerprint density at radius 3 is 2.25 bits per heavy atom. The van der Waals surface area contributed by atoms with Crippen LogP contribution in [0.1, 0.15) is 29.4 Å². The molecule has 0 spiro atoms. The third-order valence-corrected chi connectivity index (χ3v) is 4.59. The highest BCUT2D eigenvalue weighted by Gasteiger charge is 2.04. The van der Waals surface area contributed by atoms with Crippen LogP contribution in [0.4, 0.5) is 11.4 Å². The van der Waals surface area contributed by atoms with E-state index in [1.807, 2.05) is 0 Å². The van der Waals surface area contributed by atoms with Crippen LogP contribution in [0.15, 0.2) is 24.3 Å². The summed E-state index contributed by atoms with van der Waals surface area (Å²) < 4.78 is 0. The SMILES string of the molecule is CCN(CC)c1ccc(NCc2nc(C)c(C)s2)cc1. The summed E-state index contributed by atoms with van der Waals surface area (Å²) in [5.41, 5.74) is 3.57. The Morgan fingerprint density at radius 1 is 1.10 bits per heavy atom. The molecule has 0 unspecified atom stereocenters. The molecule has 2 aromatic rings. The second-order valence-electron chi connectivity index (χ2n) is 4.82. The van der Waals surface area contributed by atoms with Crippen LogP contribution in [0.5, 0.6) is 0 Å². The van der Waals surface area contributed by atoms with Crippen molar-refractivity contribution in [3.8, 4) is 0 Å². The second-order valence-corrected chi connectivity index (χ2v) is 6.11. The molecular formula is C16H23N3S. The van der Waals surface area contributed by atoms with Gasteiger partial charge in [0, 0.05) is 29.3 Å². The molecule has 0 saturated carbocycles. The highest BCUT2D eigenvalue weighted by atomic mass is 32.1. The van der Waals surface area contributed by atoms with Crippen LogP contribution >= 0.6 is 11.3 Å².